The summed E-state index contributed by atoms with van der Waals surface area (Å²) in [6.45, 7) is 7.27. The molecule has 0 atom stereocenters. The molecule has 2 aromatic rings. The molecule has 0 spiro atoms. The van der Waals surface area contributed by atoms with Gasteiger partial charge in [-0.2, -0.15) is 0 Å². The van der Waals surface area contributed by atoms with Gasteiger partial charge in [-0.05, 0) is 67.0 Å². The van der Waals surface area contributed by atoms with E-state index in [-0.39, 0.29) is 11.7 Å². The van der Waals surface area contributed by atoms with Crippen LogP contribution in [0.4, 0.5) is 20.6 Å². The first-order chi connectivity index (χ1) is 15.1. The fraction of sp³-hybridized carbons (Fsp3) is 0.391. The SMILES string of the molecule is COc1cc(NC(=O)c2ccc(N3CCN(C(=O)OC(C)(C)C)CC3)c(F)c2)ccc1Br. The van der Waals surface area contributed by atoms with Gasteiger partial charge in [0.05, 0.1) is 17.3 Å². The molecular weight excluding hydrogens is 481 g/mol. The van der Waals surface area contributed by atoms with Gasteiger partial charge in [0.25, 0.3) is 5.91 Å². The minimum Gasteiger partial charge on any atom is -0.495 e. The van der Waals surface area contributed by atoms with Crippen molar-refractivity contribution >= 4 is 39.3 Å². The van der Waals surface area contributed by atoms with E-state index in [1.165, 1.54) is 13.2 Å². The Labute approximate surface area is 195 Å². The van der Waals surface area contributed by atoms with E-state index in [0.717, 1.165) is 4.47 Å². The molecule has 1 aliphatic heterocycles. The van der Waals surface area contributed by atoms with Gasteiger partial charge in [-0.25, -0.2) is 9.18 Å². The normalized spacial score (nSPS) is 14.2. The van der Waals surface area contributed by atoms with Gasteiger partial charge in [0, 0.05) is 43.5 Å². The van der Waals surface area contributed by atoms with Crippen molar-refractivity contribution in [2.45, 2.75) is 26.4 Å². The number of hydrogen-bond acceptors (Lipinski definition) is 5. The fourth-order valence-electron chi connectivity index (χ4n) is 3.30. The van der Waals surface area contributed by atoms with Crippen LogP contribution in [0.15, 0.2) is 40.9 Å². The largest absolute Gasteiger partial charge is 0.495 e. The number of carbonyl (C=O) groups is 2. The van der Waals surface area contributed by atoms with Crippen molar-refractivity contribution in [2.75, 3.05) is 43.5 Å². The number of methoxy groups -OCH3 is 1. The first-order valence-corrected chi connectivity index (χ1v) is 11.0. The van der Waals surface area contributed by atoms with E-state index in [1.807, 2.05) is 25.7 Å². The van der Waals surface area contributed by atoms with Crippen LogP contribution in [0.1, 0.15) is 31.1 Å². The molecule has 1 aliphatic rings. The maximum Gasteiger partial charge on any atom is 0.410 e. The number of nitrogens with zero attached hydrogens (tertiary/aromatic N) is 2. The number of amides is 2. The van der Waals surface area contributed by atoms with E-state index in [0.29, 0.717) is 43.3 Å². The van der Waals surface area contributed by atoms with Crippen molar-refractivity contribution in [3.8, 4) is 5.75 Å². The van der Waals surface area contributed by atoms with Crippen LogP contribution in [0, 0.1) is 5.82 Å². The summed E-state index contributed by atoms with van der Waals surface area (Å²) in [4.78, 5) is 28.3. The first kappa shape index (κ1) is 23.8. The average molecular weight is 508 g/mol. The number of halogens is 2. The molecule has 0 saturated carbocycles. The Kier molecular flexibility index (Phi) is 7.28. The number of hydrogen-bond donors (Lipinski definition) is 1. The van der Waals surface area contributed by atoms with E-state index in [9.17, 15) is 14.0 Å². The first-order valence-electron chi connectivity index (χ1n) is 10.2. The van der Waals surface area contributed by atoms with Crippen molar-refractivity contribution in [1.29, 1.82) is 0 Å². The van der Waals surface area contributed by atoms with Gasteiger partial charge in [0.15, 0.2) is 0 Å². The molecule has 3 rings (SSSR count). The summed E-state index contributed by atoms with van der Waals surface area (Å²) < 4.78 is 26.2. The lowest BCUT2D eigenvalue weighted by Crippen LogP contribution is -2.50. The Bertz CT molecular complexity index is 1000. The lowest BCUT2D eigenvalue weighted by molar-refractivity contribution is 0.0240. The molecule has 172 valence electrons. The molecule has 1 fully saturated rings. The van der Waals surface area contributed by atoms with Crippen LogP contribution in [0.2, 0.25) is 0 Å². The number of benzene rings is 2. The summed E-state index contributed by atoms with van der Waals surface area (Å²) in [5, 5.41) is 2.75. The molecule has 2 amide bonds. The van der Waals surface area contributed by atoms with Crippen LogP contribution in [0.3, 0.4) is 0 Å². The molecule has 0 bridgehead atoms. The molecule has 1 heterocycles. The third kappa shape index (κ3) is 5.91. The van der Waals surface area contributed by atoms with Gasteiger partial charge in [-0.1, -0.05) is 0 Å². The zero-order valence-corrected chi connectivity index (χ0v) is 20.2. The van der Waals surface area contributed by atoms with E-state index in [1.54, 1.807) is 35.2 Å². The van der Waals surface area contributed by atoms with Crippen molar-refractivity contribution in [3.63, 3.8) is 0 Å². The van der Waals surface area contributed by atoms with E-state index < -0.39 is 17.3 Å². The van der Waals surface area contributed by atoms with Crippen LogP contribution >= 0.6 is 15.9 Å². The van der Waals surface area contributed by atoms with Gasteiger partial charge in [-0.3, -0.25) is 4.79 Å². The van der Waals surface area contributed by atoms with Crippen molar-refractivity contribution < 1.29 is 23.5 Å². The highest BCUT2D eigenvalue weighted by Gasteiger charge is 2.27. The van der Waals surface area contributed by atoms with Crippen molar-refractivity contribution in [1.82, 2.24) is 4.90 Å². The number of nitrogens with one attached hydrogen (secondary N) is 1. The minimum absolute atomic E-state index is 0.209. The molecule has 0 radical (unpaired) electrons. The highest BCUT2D eigenvalue weighted by atomic mass is 79.9. The molecule has 0 aromatic heterocycles. The maximum absolute atomic E-state index is 14.8. The fourth-order valence-corrected chi connectivity index (χ4v) is 3.71. The highest BCUT2D eigenvalue weighted by molar-refractivity contribution is 9.10. The lowest BCUT2D eigenvalue weighted by atomic mass is 10.1. The lowest BCUT2D eigenvalue weighted by Gasteiger charge is -2.36. The summed E-state index contributed by atoms with van der Waals surface area (Å²) >= 11 is 3.36. The molecule has 0 unspecified atom stereocenters. The predicted octanol–water partition coefficient (Wildman–Crippen LogP) is 4.91. The second-order valence-electron chi connectivity index (χ2n) is 8.42. The number of carbonyl (C=O) groups excluding carboxylic acids is 2. The van der Waals surface area contributed by atoms with Gasteiger partial charge in [0.1, 0.15) is 17.2 Å². The Morgan fingerprint density at radius 3 is 2.34 bits per heavy atom. The van der Waals surface area contributed by atoms with Gasteiger partial charge < -0.3 is 24.6 Å². The van der Waals surface area contributed by atoms with Crippen molar-refractivity contribution in [2.24, 2.45) is 0 Å². The quantitative estimate of drug-likeness (QED) is 0.636. The van der Waals surface area contributed by atoms with Crippen LogP contribution in [0.5, 0.6) is 5.75 Å². The number of ether oxygens (including phenoxy) is 2. The van der Waals surface area contributed by atoms with Crippen LogP contribution in [-0.4, -0.2) is 55.8 Å². The zero-order valence-electron chi connectivity index (χ0n) is 18.6. The smallest absolute Gasteiger partial charge is 0.410 e. The average Bonchev–Trinajstić information content (AvgIpc) is 2.74. The Hall–Kier alpha value is -2.81. The third-order valence-corrected chi connectivity index (χ3v) is 5.55. The molecule has 2 aromatic carbocycles. The molecule has 7 nitrogen and oxygen atoms in total. The molecule has 0 aliphatic carbocycles. The molecular formula is C23H27BrFN3O4. The van der Waals surface area contributed by atoms with E-state index >= 15 is 0 Å². The van der Waals surface area contributed by atoms with Gasteiger partial charge in [0.2, 0.25) is 0 Å². The standard InChI is InChI=1S/C23H27BrFN3O4/c1-23(2,3)32-22(30)28-11-9-27(10-12-28)19-8-5-15(13-18(19)25)21(29)26-16-6-7-17(24)20(14-16)31-4/h5-8,13-14H,9-12H2,1-4H3,(H,26,29). The molecule has 32 heavy (non-hydrogen) atoms. The summed E-state index contributed by atoms with van der Waals surface area (Å²) in [6.07, 6.45) is -0.366. The molecule has 9 heteroatoms. The molecule has 1 N–H and O–H groups in total. The third-order valence-electron chi connectivity index (χ3n) is 4.89. The second kappa shape index (κ2) is 9.77. The number of piperazine rings is 1. The zero-order chi connectivity index (χ0) is 23.5. The van der Waals surface area contributed by atoms with E-state index in [2.05, 4.69) is 21.2 Å². The van der Waals surface area contributed by atoms with Crippen LogP contribution in [-0.2, 0) is 4.74 Å². The number of anilines is 2. The van der Waals surface area contributed by atoms with Gasteiger partial charge in [-0.15, -0.1) is 0 Å². The molecule has 1 saturated heterocycles. The summed E-state index contributed by atoms with van der Waals surface area (Å²) in [5.41, 5.74) is 0.590. The topological polar surface area (TPSA) is 71.1 Å². The summed E-state index contributed by atoms with van der Waals surface area (Å²) in [7, 11) is 1.53. The minimum atomic E-state index is -0.557. The van der Waals surface area contributed by atoms with Crippen LogP contribution in [0.25, 0.3) is 0 Å². The van der Waals surface area contributed by atoms with Crippen molar-refractivity contribution in [3.05, 3.63) is 52.3 Å². The summed E-state index contributed by atoms with van der Waals surface area (Å²) in [6, 6.07) is 9.56. The van der Waals surface area contributed by atoms with Gasteiger partial charge >= 0.3 is 6.09 Å². The number of rotatable bonds is 4. The Morgan fingerprint density at radius 1 is 1.06 bits per heavy atom. The Morgan fingerprint density at radius 2 is 1.75 bits per heavy atom. The summed E-state index contributed by atoms with van der Waals surface area (Å²) in [5.74, 6) is -0.332. The monoisotopic (exact) mass is 507 g/mol. The second-order valence-corrected chi connectivity index (χ2v) is 9.28. The predicted molar refractivity (Wildman–Crippen MR) is 125 cm³/mol. The Balaban J connectivity index is 1.63. The van der Waals surface area contributed by atoms with Crippen LogP contribution < -0.4 is 15.0 Å². The highest BCUT2D eigenvalue weighted by Crippen LogP contribution is 2.28. The maximum atomic E-state index is 14.8. The van der Waals surface area contributed by atoms with E-state index in [4.69, 9.17) is 9.47 Å².